The summed E-state index contributed by atoms with van der Waals surface area (Å²) in [4.78, 5) is 10.8. The third-order valence-electron chi connectivity index (χ3n) is 2.47. The van der Waals surface area contributed by atoms with Crippen LogP contribution in [-0.2, 0) is 0 Å². The Morgan fingerprint density at radius 2 is 2.18 bits per heavy atom. The number of anilines is 1. The molecule has 17 heavy (non-hydrogen) atoms. The second-order valence-corrected chi connectivity index (χ2v) is 6.24. The van der Waals surface area contributed by atoms with Gasteiger partial charge in [-0.3, -0.25) is 0 Å². The molecule has 2 N–H and O–H groups in total. The molecule has 1 aromatic rings. The average Bonchev–Trinajstić information content (AvgIpc) is 2.26. The second-order valence-electron chi connectivity index (χ2n) is 4.32. The third-order valence-corrected chi connectivity index (χ3v) is 4.03. The van der Waals surface area contributed by atoms with E-state index in [-0.39, 0.29) is 15.3 Å². The number of rotatable bonds is 5. The number of carbonyl (C=O) groups is 1. The molecule has 0 aliphatic heterocycles. The van der Waals surface area contributed by atoms with Crippen LogP contribution in [0.25, 0.3) is 0 Å². The molecule has 0 aromatic heterocycles. The fourth-order valence-electron chi connectivity index (χ4n) is 1.19. The highest BCUT2D eigenvalue weighted by Crippen LogP contribution is 2.24. The first-order chi connectivity index (χ1) is 7.85. The van der Waals surface area contributed by atoms with Gasteiger partial charge in [0.15, 0.2) is 0 Å². The minimum atomic E-state index is -1.01. The summed E-state index contributed by atoms with van der Waals surface area (Å²) in [6.45, 7) is 5.06. The van der Waals surface area contributed by atoms with E-state index in [1.807, 2.05) is 0 Å². The van der Waals surface area contributed by atoms with Crippen LogP contribution in [0, 0.1) is 0 Å². The number of carboxylic acid groups (broad SMARTS) is 1. The molecule has 0 fully saturated rings. The number of thioether (sulfide) groups is 1. The van der Waals surface area contributed by atoms with E-state index in [1.165, 1.54) is 6.07 Å². The van der Waals surface area contributed by atoms with Gasteiger partial charge in [-0.2, -0.15) is 11.8 Å². The first-order valence-corrected chi connectivity index (χ1v) is 6.78. The average molecular weight is 274 g/mol. The fraction of sp³-hybridized carbons (Fsp3) is 0.417. The highest BCUT2D eigenvalue weighted by molar-refractivity contribution is 7.99. The molecule has 1 aromatic carbocycles. The van der Waals surface area contributed by atoms with Gasteiger partial charge in [0.1, 0.15) is 0 Å². The van der Waals surface area contributed by atoms with Gasteiger partial charge in [-0.25, -0.2) is 4.79 Å². The van der Waals surface area contributed by atoms with Crippen molar-refractivity contribution >= 4 is 35.0 Å². The highest BCUT2D eigenvalue weighted by Gasteiger charge is 2.16. The normalized spacial score (nSPS) is 11.3. The smallest absolute Gasteiger partial charge is 0.337 e. The predicted octanol–water partition coefficient (Wildman–Crippen LogP) is 3.59. The van der Waals surface area contributed by atoms with Crippen LogP contribution in [0.15, 0.2) is 18.2 Å². The number of carboxylic acids is 1. The molecule has 0 bridgehead atoms. The van der Waals surface area contributed by atoms with Gasteiger partial charge >= 0.3 is 5.97 Å². The minimum Gasteiger partial charge on any atom is -0.478 e. The Hall–Kier alpha value is -0.870. The van der Waals surface area contributed by atoms with Crippen LogP contribution in [0.1, 0.15) is 24.2 Å². The fourth-order valence-corrected chi connectivity index (χ4v) is 1.66. The Bertz CT molecular complexity index is 421. The van der Waals surface area contributed by atoms with E-state index < -0.39 is 5.97 Å². The zero-order valence-electron chi connectivity index (χ0n) is 10.1. The maximum absolute atomic E-state index is 10.8. The molecule has 0 radical (unpaired) electrons. The van der Waals surface area contributed by atoms with Gasteiger partial charge < -0.3 is 10.4 Å². The molecule has 0 spiro atoms. The van der Waals surface area contributed by atoms with Crippen molar-refractivity contribution < 1.29 is 9.90 Å². The van der Waals surface area contributed by atoms with Crippen molar-refractivity contribution in [2.24, 2.45) is 0 Å². The molecule has 0 atom stereocenters. The van der Waals surface area contributed by atoms with Crippen molar-refractivity contribution in [3.63, 3.8) is 0 Å². The molecule has 0 aliphatic rings. The summed E-state index contributed by atoms with van der Waals surface area (Å²) in [6.07, 6.45) is 2.06. The van der Waals surface area contributed by atoms with Crippen molar-refractivity contribution in [3.05, 3.63) is 28.8 Å². The highest BCUT2D eigenvalue weighted by atomic mass is 35.5. The van der Waals surface area contributed by atoms with E-state index in [0.29, 0.717) is 0 Å². The summed E-state index contributed by atoms with van der Waals surface area (Å²) in [5.41, 5.74) is 0.962. The molecule has 3 nitrogen and oxygen atoms in total. The SMILES string of the molecule is CSC(C)(C)CNc1ccc(C(=O)O)c(Cl)c1. The minimum absolute atomic E-state index is 0.123. The van der Waals surface area contributed by atoms with Crippen LogP contribution in [0.2, 0.25) is 5.02 Å². The van der Waals surface area contributed by atoms with E-state index >= 15 is 0 Å². The topological polar surface area (TPSA) is 49.3 Å². The van der Waals surface area contributed by atoms with E-state index in [4.69, 9.17) is 16.7 Å². The van der Waals surface area contributed by atoms with E-state index in [1.54, 1.807) is 23.9 Å². The lowest BCUT2D eigenvalue weighted by atomic mass is 10.1. The van der Waals surface area contributed by atoms with Crippen molar-refractivity contribution in [1.29, 1.82) is 0 Å². The molecule has 0 heterocycles. The molecule has 0 saturated heterocycles. The zero-order chi connectivity index (χ0) is 13.1. The molecule has 0 saturated carbocycles. The monoisotopic (exact) mass is 273 g/mol. The summed E-state index contributed by atoms with van der Waals surface area (Å²) in [5, 5.41) is 12.3. The summed E-state index contributed by atoms with van der Waals surface area (Å²) >= 11 is 7.65. The van der Waals surface area contributed by atoms with Gasteiger partial charge in [0, 0.05) is 17.0 Å². The second kappa shape index (κ2) is 5.65. The molecular formula is C12H16ClNO2S. The molecule has 0 aliphatic carbocycles. The molecule has 1 rings (SSSR count). The largest absolute Gasteiger partial charge is 0.478 e. The Balaban J connectivity index is 2.75. The van der Waals surface area contributed by atoms with Crippen LogP contribution in [0.3, 0.4) is 0 Å². The Kier molecular flexibility index (Phi) is 4.71. The van der Waals surface area contributed by atoms with Gasteiger partial charge in [0.2, 0.25) is 0 Å². The Morgan fingerprint density at radius 3 is 2.65 bits per heavy atom. The summed E-state index contributed by atoms with van der Waals surface area (Å²) in [6, 6.07) is 4.88. The zero-order valence-corrected chi connectivity index (χ0v) is 11.7. The summed E-state index contributed by atoms with van der Waals surface area (Å²) in [5.74, 6) is -1.01. The lowest BCUT2D eigenvalue weighted by molar-refractivity contribution is 0.0697. The predicted molar refractivity (Wildman–Crippen MR) is 74.5 cm³/mol. The van der Waals surface area contributed by atoms with E-state index in [9.17, 15) is 4.79 Å². The Labute approximate surface area is 111 Å². The lowest BCUT2D eigenvalue weighted by Crippen LogP contribution is -2.25. The third kappa shape index (κ3) is 4.13. The van der Waals surface area contributed by atoms with Gasteiger partial charge in [-0.15, -0.1) is 0 Å². The van der Waals surface area contributed by atoms with E-state index in [2.05, 4.69) is 25.4 Å². The standard InChI is InChI=1S/C12H16ClNO2S/c1-12(2,17-3)7-14-8-4-5-9(11(15)16)10(13)6-8/h4-6,14H,7H2,1-3H3,(H,15,16). The van der Waals surface area contributed by atoms with Gasteiger partial charge in [-0.1, -0.05) is 11.6 Å². The van der Waals surface area contributed by atoms with Crippen molar-refractivity contribution in [3.8, 4) is 0 Å². The van der Waals surface area contributed by atoms with Crippen LogP contribution in [-0.4, -0.2) is 28.6 Å². The van der Waals surface area contributed by atoms with E-state index in [0.717, 1.165) is 12.2 Å². The lowest BCUT2D eigenvalue weighted by Gasteiger charge is -2.23. The molecular weight excluding hydrogens is 258 g/mol. The Morgan fingerprint density at radius 1 is 1.53 bits per heavy atom. The first kappa shape index (κ1) is 14.2. The van der Waals surface area contributed by atoms with Gasteiger partial charge in [0.25, 0.3) is 0 Å². The molecule has 0 amide bonds. The van der Waals surface area contributed by atoms with Crippen LogP contribution in [0.4, 0.5) is 5.69 Å². The number of aromatic carboxylic acids is 1. The number of nitrogens with one attached hydrogen (secondary N) is 1. The van der Waals surface area contributed by atoms with Gasteiger partial charge in [-0.05, 0) is 38.3 Å². The number of hydrogen-bond donors (Lipinski definition) is 2. The number of halogens is 1. The maximum Gasteiger partial charge on any atom is 0.337 e. The quantitative estimate of drug-likeness (QED) is 0.861. The van der Waals surface area contributed by atoms with Crippen molar-refractivity contribution in [2.45, 2.75) is 18.6 Å². The molecule has 0 unspecified atom stereocenters. The number of benzene rings is 1. The maximum atomic E-state index is 10.8. The summed E-state index contributed by atoms with van der Waals surface area (Å²) < 4.78 is 0.123. The van der Waals surface area contributed by atoms with Crippen LogP contribution in [0.5, 0.6) is 0 Å². The van der Waals surface area contributed by atoms with Crippen molar-refractivity contribution in [1.82, 2.24) is 0 Å². The molecule has 94 valence electrons. The van der Waals surface area contributed by atoms with Crippen molar-refractivity contribution in [2.75, 3.05) is 18.1 Å². The first-order valence-electron chi connectivity index (χ1n) is 5.17. The summed E-state index contributed by atoms with van der Waals surface area (Å²) in [7, 11) is 0. The van der Waals surface area contributed by atoms with Crippen LogP contribution >= 0.6 is 23.4 Å². The van der Waals surface area contributed by atoms with Gasteiger partial charge in [0.05, 0.1) is 10.6 Å². The molecule has 5 heteroatoms. The van der Waals surface area contributed by atoms with Crippen LogP contribution < -0.4 is 5.32 Å². The number of hydrogen-bond acceptors (Lipinski definition) is 3.